The minimum atomic E-state index is -0.775. The fourth-order valence-corrected chi connectivity index (χ4v) is 4.19. The summed E-state index contributed by atoms with van der Waals surface area (Å²) in [5.74, 6) is 0.0206. The number of hydrogen-bond acceptors (Lipinski definition) is 3. The van der Waals surface area contributed by atoms with Crippen molar-refractivity contribution in [1.29, 1.82) is 0 Å². The van der Waals surface area contributed by atoms with Gasteiger partial charge in [0.1, 0.15) is 12.4 Å². The van der Waals surface area contributed by atoms with Crippen LogP contribution in [-0.4, -0.2) is 22.5 Å². The smallest absolute Gasteiger partial charge is 0.303 e. The second-order valence-corrected chi connectivity index (χ2v) is 8.24. The van der Waals surface area contributed by atoms with Gasteiger partial charge < -0.3 is 9.84 Å². The minimum absolute atomic E-state index is 0.148. The van der Waals surface area contributed by atoms with Crippen LogP contribution in [0.3, 0.4) is 0 Å². The maximum atomic E-state index is 10.7. The van der Waals surface area contributed by atoms with Gasteiger partial charge in [-0.2, -0.15) is 0 Å². The predicted octanol–water partition coefficient (Wildman–Crippen LogP) is 5.40. The van der Waals surface area contributed by atoms with Crippen LogP contribution in [0.4, 0.5) is 0 Å². The number of ether oxygens (including phenoxy) is 1. The quantitative estimate of drug-likeness (QED) is 0.535. The SMILES string of the molecule is CC1c2ccccc2CCN1Cc1ccc(COc2ccc(CCC(=O)O)cc2)cc1. The highest BCUT2D eigenvalue weighted by Crippen LogP contribution is 2.30. The first-order valence-electron chi connectivity index (χ1n) is 10.9. The standard InChI is InChI=1S/C27H29NO3/c1-20-26-5-3-2-4-24(26)16-17-28(20)18-22-6-8-23(9-7-22)19-31-25-13-10-21(11-14-25)12-15-27(29)30/h2-11,13-14,20H,12,15-19H2,1H3,(H,29,30). The van der Waals surface area contributed by atoms with Crippen LogP contribution in [0.5, 0.6) is 5.75 Å². The number of benzene rings is 3. The average Bonchev–Trinajstić information content (AvgIpc) is 2.80. The average molecular weight is 416 g/mol. The van der Waals surface area contributed by atoms with Gasteiger partial charge in [0.2, 0.25) is 0 Å². The Balaban J connectivity index is 1.29. The van der Waals surface area contributed by atoms with Crippen molar-refractivity contribution in [2.45, 2.75) is 45.4 Å². The van der Waals surface area contributed by atoms with Crippen molar-refractivity contribution in [2.75, 3.05) is 6.54 Å². The zero-order valence-corrected chi connectivity index (χ0v) is 18.0. The van der Waals surface area contributed by atoms with Crippen molar-refractivity contribution in [3.63, 3.8) is 0 Å². The van der Waals surface area contributed by atoms with Crippen LogP contribution >= 0.6 is 0 Å². The molecule has 0 aromatic heterocycles. The predicted molar refractivity (Wildman–Crippen MR) is 122 cm³/mol. The summed E-state index contributed by atoms with van der Waals surface area (Å²) in [6, 6.07) is 25.5. The van der Waals surface area contributed by atoms with E-state index in [0.717, 1.165) is 36.4 Å². The van der Waals surface area contributed by atoms with Crippen molar-refractivity contribution < 1.29 is 14.6 Å². The number of carboxylic acid groups (broad SMARTS) is 1. The maximum absolute atomic E-state index is 10.7. The van der Waals surface area contributed by atoms with Gasteiger partial charge >= 0.3 is 5.97 Å². The molecule has 1 atom stereocenters. The van der Waals surface area contributed by atoms with Crippen LogP contribution in [0.1, 0.15) is 47.2 Å². The first-order valence-corrected chi connectivity index (χ1v) is 10.9. The summed E-state index contributed by atoms with van der Waals surface area (Å²) in [4.78, 5) is 13.2. The highest BCUT2D eigenvalue weighted by atomic mass is 16.5. The molecule has 0 fully saturated rings. The van der Waals surface area contributed by atoms with Gasteiger partial charge in [-0.25, -0.2) is 0 Å². The van der Waals surface area contributed by atoms with Gasteiger partial charge in [-0.05, 0) is 59.7 Å². The van der Waals surface area contributed by atoms with E-state index in [2.05, 4.69) is 60.4 Å². The molecule has 3 aromatic rings. The van der Waals surface area contributed by atoms with E-state index in [1.165, 1.54) is 16.7 Å². The van der Waals surface area contributed by atoms with Crippen molar-refractivity contribution in [1.82, 2.24) is 4.90 Å². The van der Waals surface area contributed by atoms with Crippen LogP contribution in [0.2, 0.25) is 0 Å². The third-order valence-electron chi connectivity index (χ3n) is 6.09. The molecule has 0 bridgehead atoms. The number of aliphatic carboxylic acids is 1. The summed E-state index contributed by atoms with van der Waals surface area (Å²) in [5.41, 5.74) is 6.39. The largest absolute Gasteiger partial charge is 0.489 e. The van der Waals surface area contributed by atoms with Crippen LogP contribution in [0.25, 0.3) is 0 Å². The molecular formula is C27H29NO3. The Kier molecular flexibility index (Phi) is 6.68. The normalized spacial score (nSPS) is 16.0. The van der Waals surface area contributed by atoms with Gasteiger partial charge in [-0.3, -0.25) is 9.69 Å². The topological polar surface area (TPSA) is 49.8 Å². The first-order chi connectivity index (χ1) is 15.1. The van der Waals surface area contributed by atoms with E-state index in [-0.39, 0.29) is 6.42 Å². The van der Waals surface area contributed by atoms with Crippen LogP contribution in [0, 0.1) is 0 Å². The van der Waals surface area contributed by atoms with E-state index in [0.29, 0.717) is 19.1 Å². The number of aryl methyl sites for hydroxylation is 1. The van der Waals surface area contributed by atoms with Gasteiger partial charge in [0, 0.05) is 25.6 Å². The summed E-state index contributed by atoms with van der Waals surface area (Å²) in [6.45, 7) is 4.86. The molecule has 0 saturated heterocycles. The summed E-state index contributed by atoms with van der Waals surface area (Å²) in [7, 11) is 0. The summed E-state index contributed by atoms with van der Waals surface area (Å²) >= 11 is 0. The van der Waals surface area contributed by atoms with Crippen molar-refractivity contribution in [3.8, 4) is 5.75 Å². The molecule has 0 radical (unpaired) electrons. The Morgan fingerprint density at radius 1 is 0.968 bits per heavy atom. The van der Waals surface area contributed by atoms with Crippen LogP contribution < -0.4 is 4.74 Å². The highest BCUT2D eigenvalue weighted by molar-refractivity contribution is 5.67. The lowest BCUT2D eigenvalue weighted by Gasteiger charge is -2.35. The van der Waals surface area contributed by atoms with Crippen LogP contribution in [0.15, 0.2) is 72.8 Å². The molecule has 1 unspecified atom stereocenters. The Morgan fingerprint density at radius 3 is 2.39 bits per heavy atom. The molecule has 4 nitrogen and oxygen atoms in total. The zero-order chi connectivity index (χ0) is 21.6. The molecule has 1 aliphatic heterocycles. The molecule has 0 amide bonds. The van der Waals surface area contributed by atoms with Gasteiger partial charge in [0.15, 0.2) is 0 Å². The fraction of sp³-hybridized carbons (Fsp3) is 0.296. The molecule has 160 valence electrons. The molecule has 0 saturated carbocycles. The summed E-state index contributed by atoms with van der Waals surface area (Å²) in [5, 5.41) is 8.78. The number of fused-ring (bicyclic) bond motifs is 1. The lowest BCUT2D eigenvalue weighted by Crippen LogP contribution is -2.33. The van der Waals surface area contributed by atoms with Gasteiger partial charge in [-0.15, -0.1) is 0 Å². The number of carbonyl (C=O) groups is 1. The Bertz CT molecular complexity index is 1010. The fourth-order valence-electron chi connectivity index (χ4n) is 4.19. The Hall–Kier alpha value is -3.11. The van der Waals surface area contributed by atoms with Crippen molar-refractivity contribution in [3.05, 3.63) is 101 Å². The van der Waals surface area contributed by atoms with Gasteiger partial charge in [-0.1, -0.05) is 60.7 Å². The monoisotopic (exact) mass is 415 g/mol. The second kappa shape index (κ2) is 9.80. The number of hydrogen-bond donors (Lipinski definition) is 1. The molecule has 1 N–H and O–H groups in total. The minimum Gasteiger partial charge on any atom is -0.489 e. The molecule has 4 rings (SSSR count). The first kappa shape index (κ1) is 21.1. The summed E-state index contributed by atoms with van der Waals surface area (Å²) < 4.78 is 5.89. The second-order valence-electron chi connectivity index (χ2n) is 8.24. The van der Waals surface area contributed by atoms with Crippen molar-refractivity contribution in [2.24, 2.45) is 0 Å². The third-order valence-corrected chi connectivity index (χ3v) is 6.09. The molecule has 1 aliphatic rings. The van der Waals surface area contributed by atoms with E-state index >= 15 is 0 Å². The number of carboxylic acids is 1. The van der Waals surface area contributed by atoms with Crippen molar-refractivity contribution >= 4 is 5.97 Å². The molecule has 31 heavy (non-hydrogen) atoms. The van der Waals surface area contributed by atoms with E-state index in [1.807, 2.05) is 24.3 Å². The van der Waals surface area contributed by atoms with Gasteiger partial charge in [0.25, 0.3) is 0 Å². The lowest BCUT2D eigenvalue weighted by atomic mass is 9.93. The maximum Gasteiger partial charge on any atom is 0.303 e. The number of nitrogens with zero attached hydrogens (tertiary/aromatic N) is 1. The molecule has 0 spiro atoms. The van der Waals surface area contributed by atoms with E-state index in [4.69, 9.17) is 9.84 Å². The molecule has 4 heteroatoms. The number of rotatable bonds is 8. The Labute approximate surface area is 184 Å². The molecule has 0 aliphatic carbocycles. The highest BCUT2D eigenvalue weighted by Gasteiger charge is 2.23. The van der Waals surface area contributed by atoms with E-state index < -0.39 is 5.97 Å². The Morgan fingerprint density at radius 2 is 1.65 bits per heavy atom. The van der Waals surface area contributed by atoms with Gasteiger partial charge in [0.05, 0.1) is 0 Å². The summed E-state index contributed by atoms with van der Waals surface area (Å²) in [6.07, 6.45) is 1.80. The molecular weight excluding hydrogens is 386 g/mol. The third kappa shape index (κ3) is 5.53. The molecule has 3 aromatic carbocycles. The van der Waals surface area contributed by atoms with Crippen LogP contribution in [-0.2, 0) is 30.8 Å². The molecule has 1 heterocycles. The lowest BCUT2D eigenvalue weighted by molar-refractivity contribution is -0.136. The zero-order valence-electron chi connectivity index (χ0n) is 18.0. The van der Waals surface area contributed by atoms with E-state index in [1.54, 1.807) is 0 Å². The van der Waals surface area contributed by atoms with E-state index in [9.17, 15) is 4.79 Å².